The Morgan fingerprint density at radius 1 is 1.19 bits per heavy atom. The van der Waals surface area contributed by atoms with Gasteiger partial charge < -0.3 is 18.9 Å². The van der Waals surface area contributed by atoms with Crippen molar-refractivity contribution in [2.24, 2.45) is 0 Å². The van der Waals surface area contributed by atoms with Crippen molar-refractivity contribution in [2.45, 2.75) is 44.3 Å². The molecule has 0 N–H and O–H groups in total. The van der Waals surface area contributed by atoms with Crippen LogP contribution in [0.15, 0.2) is 28.8 Å². The maximum atomic E-state index is 12.9. The zero-order chi connectivity index (χ0) is 18.6. The molecule has 1 amide bonds. The Hall–Kier alpha value is -2.48. The molecule has 2 aliphatic rings. The quantitative estimate of drug-likeness (QED) is 0.740. The van der Waals surface area contributed by atoms with Crippen molar-refractivity contribution < 1.29 is 23.2 Å². The first-order chi connectivity index (χ1) is 13.2. The molecule has 8 heteroatoms. The summed E-state index contributed by atoms with van der Waals surface area (Å²) >= 11 is 0. The van der Waals surface area contributed by atoms with Crippen molar-refractivity contribution in [2.75, 3.05) is 19.7 Å². The van der Waals surface area contributed by atoms with E-state index in [9.17, 15) is 9.18 Å². The van der Waals surface area contributed by atoms with Crippen molar-refractivity contribution in [3.8, 4) is 5.75 Å². The molecule has 1 aromatic heterocycles. The number of hydrogen-bond acceptors (Lipinski definition) is 6. The summed E-state index contributed by atoms with van der Waals surface area (Å²) in [6.45, 7) is 1.50. The first-order valence-electron chi connectivity index (χ1n) is 9.27. The molecule has 1 aliphatic heterocycles. The van der Waals surface area contributed by atoms with Crippen LogP contribution in [0.2, 0.25) is 0 Å². The number of likely N-dealkylation sites (tertiary alicyclic amines) is 1. The van der Waals surface area contributed by atoms with E-state index in [0.717, 1.165) is 31.5 Å². The van der Waals surface area contributed by atoms with Crippen molar-refractivity contribution in [1.29, 1.82) is 0 Å². The van der Waals surface area contributed by atoms with Gasteiger partial charge in [0.2, 0.25) is 0 Å². The van der Waals surface area contributed by atoms with Gasteiger partial charge in [0, 0.05) is 19.0 Å². The van der Waals surface area contributed by atoms with Gasteiger partial charge in [0.05, 0.1) is 6.10 Å². The standard InChI is InChI=1S/C19H22FN3O4/c20-14-3-5-15(6-4-14)26-12-18(24)23-9-7-16(8-10-23)25-11-17-21-19(22-27-17)13-1-2-13/h3-6,13,16H,1-2,7-12H2. The summed E-state index contributed by atoms with van der Waals surface area (Å²) in [4.78, 5) is 18.4. The number of carbonyl (C=O) groups is 1. The predicted molar refractivity (Wildman–Crippen MR) is 92.6 cm³/mol. The molecule has 0 bridgehead atoms. The van der Waals surface area contributed by atoms with Crippen LogP contribution in [0.5, 0.6) is 5.75 Å². The monoisotopic (exact) mass is 375 g/mol. The van der Waals surface area contributed by atoms with Crippen LogP contribution in [0.1, 0.15) is 43.3 Å². The third-order valence-electron chi connectivity index (χ3n) is 4.84. The van der Waals surface area contributed by atoms with Gasteiger partial charge in [0.15, 0.2) is 12.4 Å². The molecule has 144 valence electrons. The van der Waals surface area contributed by atoms with Gasteiger partial charge in [-0.15, -0.1) is 0 Å². The molecule has 0 radical (unpaired) electrons. The van der Waals surface area contributed by atoms with Crippen molar-refractivity contribution >= 4 is 5.91 Å². The molecule has 4 rings (SSSR count). The highest BCUT2D eigenvalue weighted by Gasteiger charge is 2.29. The fourth-order valence-electron chi connectivity index (χ4n) is 3.06. The zero-order valence-corrected chi connectivity index (χ0v) is 15.0. The van der Waals surface area contributed by atoms with Crippen LogP contribution < -0.4 is 4.74 Å². The molecular weight excluding hydrogens is 353 g/mol. The number of hydrogen-bond donors (Lipinski definition) is 0. The Kier molecular flexibility index (Phi) is 5.33. The van der Waals surface area contributed by atoms with Gasteiger partial charge in [-0.05, 0) is 49.9 Å². The Labute approximate surface area is 156 Å². The highest BCUT2D eigenvalue weighted by atomic mass is 19.1. The SMILES string of the molecule is O=C(COc1ccc(F)cc1)N1CCC(OCc2nc(C3CC3)no2)CC1. The van der Waals surface area contributed by atoms with Crippen LogP contribution in [0.4, 0.5) is 4.39 Å². The largest absolute Gasteiger partial charge is 0.484 e. The molecule has 2 heterocycles. The average Bonchev–Trinajstić information content (AvgIpc) is 3.44. The van der Waals surface area contributed by atoms with E-state index in [2.05, 4.69) is 10.1 Å². The number of halogens is 1. The Morgan fingerprint density at radius 3 is 2.63 bits per heavy atom. The summed E-state index contributed by atoms with van der Waals surface area (Å²) in [6, 6.07) is 5.63. The minimum atomic E-state index is -0.333. The van der Waals surface area contributed by atoms with E-state index < -0.39 is 0 Å². The lowest BCUT2D eigenvalue weighted by atomic mass is 10.1. The molecule has 1 aromatic carbocycles. The summed E-state index contributed by atoms with van der Waals surface area (Å²) in [5.74, 6) is 1.84. The van der Waals surface area contributed by atoms with Crippen molar-refractivity contribution in [3.63, 3.8) is 0 Å². The van der Waals surface area contributed by atoms with Gasteiger partial charge in [0.25, 0.3) is 11.8 Å². The summed E-state index contributed by atoms with van der Waals surface area (Å²) in [7, 11) is 0. The minimum absolute atomic E-state index is 0.0525. The van der Waals surface area contributed by atoms with Gasteiger partial charge >= 0.3 is 0 Å². The van der Waals surface area contributed by atoms with E-state index >= 15 is 0 Å². The van der Waals surface area contributed by atoms with Gasteiger partial charge in [0.1, 0.15) is 18.2 Å². The van der Waals surface area contributed by atoms with E-state index in [1.807, 2.05) is 0 Å². The van der Waals surface area contributed by atoms with Gasteiger partial charge in [-0.2, -0.15) is 4.98 Å². The number of piperidine rings is 1. The van der Waals surface area contributed by atoms with E-state index in [1.165, 1.54) is 24.3 Å². The third kappa shape index (κ3) is 4.82. The highest BCUT2D eigenvalue weighted by molar-refractivity contribution is 5.77. The molecule has 7 nitrogen and oxygen atoms in total. The predicted octanol–water partition coefficient (Wildman–Crippen LogP) is 2.67. The van der Waals surface area contributed by atoms with E-state index in [1.54, 1.807) is 4.90 Å². The number of amides is 1. The maximum absolute atomic E-state index is 12.9. The van der Waals surface area contributed by atoms with Crippen LogP contribution in [0.3, 0.4) is 0 Å². The van der Waals surface area contributed by atoms with Gasteiger partial charge in [-0.1, -0.05) is 5.16 Å². The molecular formula is C19H22FN3O4. The molecule has 27 heavy (non-hydrogen) atoms. The van der Waals surface area contributed by atoms with E-state index in [4.69, 9.17) is 14.0 Å². The molecule has 0 spiro atoms. The minimum Gasteiger partial charge on any atom is -0.484 e. The van der Waals surface area contributed by atoms with Crippen LogP contribution >= 0.6 is 0 Å². The zero-order valence-electron chi connectivity index (χ0n) is 15.0. The third-order valence-corrected chi connectivity index (χ3v) is 4.84. The Morgan fingerprint density at radius 2 is 1.93 bits per heavy atom. The second-order valence-corrected chi connectivity index (χ2v) is 6.95. The lowest BCUT2D eigenvalue weighted by molar-refractivity contribution is -0.136. The topological polar surface area (TPSA) is 77.7 Å². The molecule has 2 aromatic rings. The number of rotatable bonds is 7. The smallest absolute Gasteiger partial charge is 0.260 e. The highest BCUT2D eigenvalue weighted by Crippen LogP contribution is 2.38. The van der Waals surface area contributed by atoms with E-state index in [0.29, 0.717) is 37.3 Å². The first kappa shape index (κ1) is 17.9. The molecule has 2 fully saturated rings. The summed E-state index contributed by atoms with van der Waals surface area (Å²) < 4.78 is 29.3. The summed E-state index contributed by atoms with van der Waals surface area (Å²) in [5.41, 5.74) is 0. The molecule has 0 atom stereocenters. The fraction of sp³-hybridized carbons (Fsp3) is 0.526. The van der Waals surface area contributed by atoms with Crippen molar-refractivity contribution in [1.82, 2.24) is 15.0 Å². The number of aromatic nitrogens is 2. The second kappa shape index (κ2) is 8.04. The van der Waals surface area contributed by atoms with Gasteiger partial charge in [-0.3, -0.25) is 4.79 Å². The molecule has 1 aliphatic carbocycles. The maximum Gasteiger partial charge on any atom is 0.260 e. The molecule has 1 saturated heterocycles. The molecule has 1 saturated carbocycles. The lowest BCUT2D eigenvalue weighted by Gasteiger charge is -2.31. The Balaban J connectivity index is 1.16. The molecule has 0 unspecified atom stereocenters. The normalized spacial score (nSPS) is 17.9. The first-order valence-corrected chi connectivity index (χ1v) is 9.27. The number of nitrogens with zero attached hydrogens (tertiary/aromatic N) is 3. The second-order valence-electron chi connectivity index (χ2n) is 6.95. The van der Waals surface area contributed by atoms with Crippen LogP contribution in [0.25, 0.3) is 0 Å². The summed E-state index contributed by atoms with van der Waals surface area (Å²) in [6.07, 6.45) is 3.86. The summed E-state index contributed by atoms with van der Waals surface area (Å²) in [5, 5.41) is 3.97. The lowest BCUT2D eigenvalue weighted by Crippen LogP contribution is -2.42. The van der Waals surface area contributed by atoms with Gasteiger partial charge in [-0.25, -0.2) is 4.39 Å². The van der Waals surface area contributed by atoms with Crippen LogP contribution in [-0.2, 0) is 16.1 Å². The van der Waals surface area contributed by atoms with Crippen LogP contribution in [-0.4, -0.2) is 46.7 Å². The number of carbonyl (C=O) groups excluding carboxylic acids is 1. The fourth-order valence-corrected chi connectivity index (χ4v) is 3.06. The average molecular weight is 375 g/mol. The number of ether oxygens (including phenoxy) is 2. The Bertz CT molecular complexity index is 768. The van der Waals surface area contributed by atoms with Crippen molar-refractivity contribution in [3.05, 3.63) is 41.8 Å². The number of benzene rings is 1. The van der Waals surface area contributed by atoms with E-state index in [-0.39, 0.29) is 24.4 Å². The van der Waals surface area contributed by atoms with Crippen LogP contribution in [0, 0.1) is 5.82 Å².